The van der Waals surface area contributed by atoms with Crippen molar-refractivity contribution in [3.05, 3.63) is 79.1 Å². The minimum Gasteiger partial charge on any atom is -0.352 e. The van der Waals surface area contributed by atoms with Gasteiger partial charge in [-0.05, 0) is 119 Å². The van der Waals surface area contributed by atoms with E-state index in [1.165, 1.54) is 46.5 Å². The number of hydrogen-bond donors (Lipinski definition) is 1. The van der Waals surface area contributed by atoms with Gasteiger partial charge >= 0.3 is 0 Å². The first kappa shape index (κ1) is 32.6. The summed E-state index contributed by atoms with van der Waals surface area (Å²) in [5.74, 6) is 0.711. The van der Waals surface area contributed by atoms with Crippen LogP contribution >= 0.6 is 46.1 Å². The molecule has 2 aliphatic carbocycles. The number of amides is 1. The highest BCUT2D eigenvalue weighted by Crippen LogP contribution is 2.43. The van der Waals surface area contributed by atoms with Gasteiger partial charge in [-0.1, -0.05) is 46.9 Å². The Balaban J connectivity index is 1.29. The average molecular weight is 683 g/mol. The molecule has 1 saturated carbocycles. The van der Waals surface area contributed by atoms with E-state index in [0.717, 1.165) is 66.8 Å². The highest BCUT2D eigenvalue weighted by molar-refractivity contribution is 7.93. The third-order valence-corrected chi connectivity index (χ3v) is 13.1. The molecule has 1 unspecified atom stereocenters. The summed E-state index contributed by atoms with van der Waals surface area (Å²) in [7, 11) is 1.81. The van der Waals surface area contributed by atoms with E-state index < -0.39 is 10.0 Å². The van der Waals surface area contributed by atoms with E-state index in [0.29, 0.717) is 35.0 Å². The second kappa shape index (κ2) is 13.7. The van der Waals surface area contributed by atoms with Crippen molar-refractivity contribution in [2.45, 2.75) is 62.3 Å². The Morgan fingerprint density at radius 1 is 0.953 bits per heavy atom. The number of carbonyl (C=O) groups is 1. The molecule has 232 valence electrons. The molecule has 1 fully saturated rings. The van der Waals surface area contributed by atoms with Crippen molar-refractivity contribution in [3.8, 4) is 0 Å². The zero-order chi connectivity index (χ0) is 30.9. The Labute approximate surface area is 274 Å². The molecule has 43 heavy (non-hydrogen) atoms. The smallest absolute Gasteiger partial charge is 0.264 e. The number of hydrogen-bond acceptors (Lipinski definition) is 5. The van der Waals surface area contributed by atoms with E-state index in [4.69, 9.17) is 34.8 Å². The number of rotatable bonds is 9. The van der Waals surface area contributed by atoms with E-state index in [2.05, 4.69) is 36.4 Å². The summed E-state index contributed by atoms with van der Waals surface area (Å²) in [5.41, 5.74) is 2.76. The Bertz CT molecular complexity index is 1570. The van der Waals surface area contributed by atoms with Crippen LogP contribution in [0.5, 0.6) is 0 Å². The van der Waals surface area contributed by atoms with Crippen molar-refractivity contribution in [2.75, 3.05) is 32.0 Å². The first-order chi connectivity index (χ1) is 20.5. The van der Waals surface area contributed by atoms with Gasteiger partial charge in [0, 0.05) is 29.5 Å². The molecule has 11 heteroatoms. The Kier molecular flexibility index (Phi) is 10.4. The van der Waals surface area contributed by atoms with Crippen LogP contribution in [0.15, 0.2) is 47.4 Å². The summed E-state index contributed by atoms with van der Waals surface area (Å²) >= 11 is 19.7. The molecule has 0 spiro atoms. The van der Waals surface area contributed by atoms with Crippen LogP contribution in [-0.4, -0.2) is 46.9 Å². The van der Waals surface area contributed by atoms with Crippen LogP contribution < -0.4 is 9.62 Å². The van der Waals surface area contributed by atoms with Gasteiger partial charge in [0.2, 0.25) is 0 Å². The number of nitrogens with one attached hydrogen (secondary N) is 1. The molecule has 6 nitrogen and oxygen atoms in total. The fourth-order valence-electron chi connectivity index (χ4n) is 6.60. The number of sulfonamides is 1. The van der Waals surface area contributed by atoms with Crippen molar-refractivity contribution in [1.82, 2.24) is 10.2 Å². The number of thiophene rings is 1. The maximum atomic E-state index is 13.8. The van der Waals surface area contributed by atoms with E-state index in [-0.39, 0.29) is 20.8 Å². The molecule has 0 radical (unpaired) electrons. The number of fused-ring (bicyclic) bond motifs is 1. The molecule has 1 atom stereocenters. The van der Waals surface area contributed by atoms with Crippen molar-refractivity contribution in [1.29, 1.82) is 0 Å². The second-order valence-corrected chi connectivity index (χ2v) is 16.2. The molecular formula is C32H38Cl3N3O3S2. The minimum absolute atomic E-state index is 0.0357. The van der Waals surface area contributed by atoms with Gasteiger partial charge in [-0.25, -0.2) is 8.42 Å². The van der Waals surface area contributed by atoms with Crippen LogP contribution in [-0.2, 0) is 22.9 Å². The third-order valence-electron chi connectivity index (χ3n) is 8.87. The van der Waals surface area contributed by atoms with E-state index in [1.54, 1.807) is 0 Å². The molecule has 1 amide bonds. The lowest BCUT2D eigenvalue weighted by Crippen LogP contribution is -2.35. The number of carbonyl (C=O) groups excluding carboxylic acids is 1. The lowest BCUT2D eigenvalue weighted by atomic mass is 9.76. The van der Waals surface area contributed by atoms with Crippen molar-refractivity contribution in [2.24, 2.45) is 11.8 Å². The monoisotopic (exact) mass is 681 g/mol. The Morgan fingerprint density at radius 3 is 2.28 bits per heavy atom. The van der Waals surface area contributed by atoms with Crippen LogP contribution in [0.25, 0.3) is 0 Å². The maximum Gasteiger partial charge on any atom is 0.264 e. The van der Waals surface area contributed by atoms with E-state index >= 15 is 0 Å². The largest absolute Gasteiger partial charge is 0.352 e. The standard InChI is InChI=1S/C32H38Cl3N3O3S2/c1-37(2)30(22-12-14-23(33)15-13-22)21-10-8-20(9-11-21)19-36-31(39)29-25-6-4-5-7-28(25)42-32(29)38(3)43(40,41)24-16-17-26(34)27(35)18-24/h12-18,20-21,30H,4-11,19H2,1-3H3,(H,36,39). The van der Waals surface area contributed by atoms with Crippen LogP contribution in [0.1, 0.15) is 70.9 Å². The fourth-order valence-corrected chi connectivity index (χ4v) is 9.88. The van der Waals surface area contributed by atoms with Crippen molar-refractivity contribution >= 4 is 67.1 Å². The number of aryl methyl sites for hydroxylation is 1. The van der Waals surface area contributed by atoms with Gasteiger partial charge in [-0.2, -0.15) is 0 Å². The summed E-state index contributed by atoms with van der Waals surface area (Å²) in [6.07, 6.45) is 7.86. The number of anilines is 1. The Morgan fingerprint density at radius 2 is 1.63 bits per heavy atom. The fraction of sp³-hybridized carbons (Fsp3) is 0.469. The van der Waals surface area contributed by atoms with Gasteiger partial charge in [0.1, 0.15) is 5.00 Å². The van der Waals surface area contributed by atoms with Gasteiger partial charge in [0.25, 0.3) is 15.9 Å². The molecule has 5 rings (SSSR count). The normalized spacial score (nSPS) is 19.6. The molecule has 0 saturated heterocycles. The molecule has 1 N–H and O–H groups in total. The molecule has 2 aromatic carbocycles. The topological polar surface area (TPSA) is 69.7 Å². The molecule has 3 aromatic rings. The van der Waals surface area contributed by atoms with Crippen LogP contribution in [0.4, 0.5) is 5.00 Å². The van der Waals surface area contributed by atoms with Crippen LogP contribution in [0.2, 0.25) is 15.1 Å². The molecule has 0 bridgehead atoms. The lowest BCUT2D eigenvalue weighted by Gasteiger charge is -2.37. The first-order valence-corrected chi connectivity index (χ1v) is 18.1. The number of nitrogens with zero attached hydrogens (tertiary/aromatic N) is 2. The first-order valence-electron chi connectivity index (χ1n) is 14.8. The quantitative estimate of drug-likeness (QED) is 0.247. The summed E-state index contributed by atoms with van der Waals surface area (Å²) in [6.45, 7) is 0.576. The molecular weight excluding hydrogens is 645 g/mol. The van der Waals surface area contributed by atoms with Crippen LogP contribution in [0, 0.1) is 11.8 Å². The molecule has 1 aromatic heterocycles. The zero-order valence-electron chi connectivity index (χ0n) is 24.7. The van der Waals surface area contributed by atoms with Gasteiger partial charge in [-0.3, -0.25) is 9.10 Å². The second-order valence-electron chi connectivity index (χ2n) is 11.9. The summed E-state index contributed by atoms with van der Waals surface area (Å²) in [5, 5.41) is 4.84. The predicted molar refractivity (Wildman–Crippen MR) is 179 cm³/mol. The summed E-state index contributed by atoms with van der Waals surface area (Å²) < 4.78 is 28.5. The lowest BCUT2D eigenvalue weighted by molar-refractivity contribution is 0.0934. The minimum atomic E-state index is -3.96. The molecule has 0 aliphatic heterocycles. The van der Waals surface area contributed by atoms with Crippen molar-refractivity contribution < 1.29 is 13.2 Å². The predicted octanol–water partition coefficient (Wildman–Crippen LogP) is 8.25. The maximum absolute atomic E-state index is 13.8. The zero-order valence-corrected chi connectivity index (χ0v) is 28.6. The number of halogens is 3. The van der Waals surface area contributed by atoms with Gasteiger partial charge in [0.05, 0.1) is 20.5 Å². The summed E-state index contributed by atoms with van der Waals surface area (Å²) in [4.78, 5) is 17.2. The average Bonchev–Trinajstić information content (AvgIpc) is 3.38. The highest BCUT2D eigenvalue weighted by Gasteiger charge is 2.34. The third kappa shape index (κ3) is 7.05. The van der Waals surface area contributed by atoms with E-state index in [9.17, 15) is 13.2 Å². The van der Waals surface area contributed by atoms with Gasteiger partial charge < -0.3 is 10.2 Å². The Hall–Kier alpha value is -1.81. The van der Waals surface area contributed by atoms with Gasteiger partial charge in [-0.15, -0.1) is 11.3 Å². The molecule has 2 aliphatic rings. The number of benzene rings is 2. The van der Waals surface area contributed by atoms with Gasteiger partial charge in [0.15, 0.2) is 0 Å². The molecule has 1 heterocycles. The van der Waals surface area contributed by atoms with Crippen LogP contribution in [0.3, 0.4) is 0 Å². The van der Waals surface area contributed by atoms with Crippen molar-refractivity contribution in [3.63, 3.8) is 0 Å². The highest BCUT2D eigenvalue weighted by atomic mass is 35.5. The SMILES string of the molecule is CN(C)C(c1ccc(Cl)cc1)C1CCC(CNC(=O)c2c(N(C)S(=O)(=O)c3ccc(Cl)c(Cl)c3)sc3c2CCCC3)CC1. The van der Waals surface area contributed by atoms with E-state index in [1.807, 2.05) is 12.1 Å². The summed E-state index contributed by atoms with van der Waals surface area (Å²) in [6, 6.07) is 12.8.